The summed E-state index contributed by atoms with van der Waals surface area (Å²) in [4.78, 5) is 11.5. The van der Waals surface area contributed by atoms with E-state index in [2.05, 4.69) is 24.3 Å². The minimum atomic E-state index is -0.171. The summed E-state index contributed by atoms with van der Waals surface area (Å²) < 4.78 is 4.77. The van der Waals surface area contributed by atoms with Crippen molar-refractivity contribution < 1.29 is 9.53 Å². The Hall–Kier alpha value is -1.31. The Labute approximate surface area is 109 Å². The van der Waals surface area contributed by atoms with Crippen molar-refractivity contribution in [2.24, 2.45) is 0 Å². The van der Waals surface area contributed by atoms with E-state index in [1.54, 1.807) is 0 Å². The van der Waals surface area contributed by atoms with Crippen LogP contribution >= 0.6 is 0 Å². The molecule has 0 bridgehead atoms. The zero-order valence-electron chi connectivity index (χ0n) is 11.3. The van der Waals surface area contributed by atoms with Gasteiger partial charge in [0.15, 0.2) is 0 Å². The average Bonchev–Trinajstić information content (AvgIpc) is 2.47. The molecule has 0 N–H and O–H groups in total. The van der Waals surface area contributed by atoms with E-state index in [4.69, 9.17) is 4.74 Å². The van der Waals surface area contributed by atoms with Gasteiger partial charge in [0.05, 0.1) is 13.0 Å². The maximum Gasteiger partial charge on any atom is 0.312 e. The molecule has 2 nitrogen and oxygen atoms in total. The molecule has 1 aliphatic carbocycles. The summed E-state index contributed by atoms with van der Waals surface area (Å²) in [5, 5.41) is 0. The van der Waals surface area contributed by atoms with Crippen molar-refractivity contribution in [2.75, 3.05) is 7.11 Å². The Morgan fingerprint density at radius 2 is 1.78 bits per heavy atom. The largest absolute Gasteiger partial charge is 0.469 e. The molecule has 1 aromatic carbocycles. The third-order valence-electron chi connectivity index (χ3n) is 4.07. The van der Waals surface area contributed by atoms with Crippen LogP contribution in [0.25, 0.3) is 0 Å². The van der Waals surface area contributed by atoms with Crippen LogP contribution in [0.5, 0.6) is 0 Å². The maximum atomic E-state index is 11.5. The number of rotatable bonds is 3. The molecule has 1 aromatic rings. The Morgan fingerprint density at radius 1 is 1.17 bits per heavy atom. The molecule has 1 saturated carbocycles. The van der Waals surface area contributed by atoms with E-state index < -0.39 is 0 Å². The number of benzene rings is 1. The summed E-state index contributed by atoms with van der Waals surface area (Å²) in [5.74, 6) is 0.386. The first-order valence-electron chi connectivity index (χ1n) is 6.90. The summed E-state index contributed by atoms with van der Waals surface area (Å²) in [5.41, 5.74) is 2.47. The molecule has 0 spiro atoms. The molecule has 2 rings (SSSR count). The minimum Gasteiger partial charge on any atom is -0.469 e. The highest BCUT2D eigenvalue weighted by Gasteiger charge is 2.18. The van der Waals surface area contributed by atoms with Crippen LogP contribution in [-0.4, -0.2) is 13.1 Å². The Kier molecular flexibility index (Phi) is 4.40. The monoisotopic (exact) mass is 246 g/mol. The van der Waals surface area contributed by atoms with Crippen LogP contribution in [-0.2, 0) is 9.53 Å². The molecule has 98 valence electrons. The molecule has 0 saturated heterocycles. The number of ether oxygens (including phenoxy) is 1. The fourth-order valence-corrected chi connectivity index (χ4v) is 2.81. The number of carbonyl (C=O) groups excluding carboxylic acids is 1. The summed E-state index contributed by atoms with van der Waals surface area (Å²) in [6, 6.07) is 8.52. The Bertz CT molecular complexity index is 388. The van der Waals surface area contributed by atoms with Crippen molar-refractivity contribution in [3.63, 3.8) is 0 Å². The predicted molar refractivity (Wildman–Crippen MR) is 72.7 cm³/mol. The molecule has 2 heteroatoms. The van der Waals surface area contributed by atoms with E-state index in [0.29, 0.717) is 0 Å². The fraction of sp³-hybridized carbons (Fsp3) is 0.562. The zero-order chi connectivity index (χ0) is 13.0. The molecule has 1 fully saturated rings. The third kappa shape index (κ3) is 2.92. The molecule has 0 aromatic heterocycles. The van der Waals surface area contributed by atoms with E-state index >= 15 is 0 Å². The quantitative estimate of drug-likeness (QED) is 0.753. The topological polar surface area (TPSA) is 26.3 Å². The van der Waals surface area contributed by atoms with Gasteiger partial charge < -0.3 is 4.74 Å². The number of hydrogen-bond acceptors (Lipinski definition) is 2. The van der Waals surface area contributed by atoms with Gasteiger partial charge in [-0.25, -0.2) is 0 Å². The zero-order valence-corrected chi connectivity index (χ0v) is 11.3. The maximum absolute atomic E-state index is 11.5. The second-order valence-electron chi connectivity index (χ2n) is 5.25. The van der Waals surface area contributed by atoms with Gasteiger partial charge in [0.1, 0.15) is 0 Å². The molecule has 1 atom stereocenters. The molecule has 0 unspecified atom stereocenters. The van der Waals surface area contributed by atoms with Crippen LogP contribution < -0.4 is 0 Å². The number of carbonyl (C=O) groups is 1. The van der Waals surface area contributed by atoms with Crippen LogP contribution in [0.4, 0.5) is 0 Å². The lowest BCUT2D eigenvalue weighted by atomic mass is 9.83. The van der Waals surface area contributed by atoms with E-state index in [-0.39, 0.29) is 11.9 Å². The van der Waals surface area contributed by atoms with Crippen molar-refractivity contribution in [3.8, 4) is 0 Å². The van der Waals surface area contributed by atoms with Crippen molar-refractivity contribution in [2.45, 2.75) is 50.9 Å². The van der Waals surface area contributed by atoms with Gasteiger partial charge in [-0.1, -0.05) is 43.5 Å². The first-order chi connectivity index (χ1) is 8.72. The van der Waals surface area contributed by atoms with Crippen LogP contribution in [0, 0.1) is 0 Å². The lowest BCUT2D eigenvalue weighted by molar-refractivity contribution is -0.141. The van der Waals surface area contributed by atoms with Gasteiger partial charge >= 0.3 is 5.97 Å². The van der Waals surface area contributed by atoms with Crippen LogP contribution in [0.3, 0.4) is 0 Å². The van der Waals surface area contributed by atoms with Gasteiger partial charge in [0.25, 0.3) is 0 Å². The number of esters is 1. The first-order valence-corrected chi connectivity index (χ1v) is 6.90. The normalized spacial score (nSPS) is 18.3. The standard InChI is InChI=1S/C16H22O2/c1-12(16(17)18-2)13-8-10-15(11-9-13)14-6-4-3-5-7-14/h8-12,14H,3-7H2,1-2H3/t12-/m1/s1. The van der Waals surface area contributed by atoms with Gasteiger partial charge in [-0.05, 0) is 36.8 Å². The highest BCUT2D eigenvalue weighted by atomic mass is 16.5. The van der Waals surface area contributed by atoms with Crippen molar-refractivity contribution in [3.05, 3.63) is 35.4 Å². The van der Waals surface area contributed by atoms with E-state index in [1.807, 2.05) is 6.92 Å². The highest BCUT2D eigenvalue weighted by Crippen LogP contribution is 2.33. The molecular formula is C16H22O2. The van der Waals surface area contributed by atoms with Crippen LogP contribution in [0.15, 0.2) is 24.3 Å². The van der Waals surface area contributed by atoms with Crippen molar-refractivity contribution in [1.29, 1.82) is 0 Å². The summed E-state index contributed by atoms with van der Waals surface area (Å²) in [6.07, 6.45) is 6.71. The number of hydrogen-bond donors (Lipinski definition) is 0. The van der Waals surface area contributed by atoms with E-state index in [0.717, 1.165) is 11.5 Å². The van der Waals surface area contributed by atoms with Crippen molar-refractivity contribution >= 4 is 5.97 Å². The third-order valence-corrected chi connectivity index (χ3v) is 4.07. The summed E-state index contributed by atoms with van der Waals surface area (Å²) in [6.45, 7) is 1.89. The molecule has 0 radical (unpaired) electrons. The Balaban J connectivity index is 2.07. The lowest BCUT2D eigenvalue weighted by Crippen LogP contribution is -2.11. The SMILES string of the molecule is COC(=O)[C@H](C)c1ccc(C2CCCCC2)cc1. The van der Waals surface area contributed by atoms with Crippen LogP contribution in [0.2, 0.25) is 0 Å². The molecule has 1 aliphatic rings. The molecule has 18 heavy (non-hydrogen) atoms. The van der Waals surface area contributed by atoms with Gasteiger partial charge in [0.2, 0.25) is 0 Å². The average molecular weight is 246 g/mol. The van der Waals surface area contributed by atoms with Crippen molar-refractivity contribution in [1.82, 2.24) is 0 Å². The van der Waals surface area contributed by atoms with Crippen LogP contribution in [0.1, 0.15) is 62.0 Å². The van der Waals surface area contributed by atoms with Gasteiger partial charge in [0, 0.05) is 0 Å². The lowest BCUT2D eigenvalue weighted by Gasteiger charge is -2.22. The summed E-state index contributed by atoms with van der Waals surface area (Å²) in [7, 11) is 1.44. The van der Waals surface area contributed by atoms with Gasteiger partial charge in [-0.2, -0.15) is 0 Å². The summed E-state index contributed by atoms with van der Waals surface area (Å²) >= 11 is 0. The second kappa shape index (κ2) is 6.03. The van der Waals surface area contributed by atoms with Gasteiger partial charge in [-0.3, -0.25) is 4.79 Å². The fourth-order valence-electron chi connectivity index (χ4n) is 2.81. The number of methoxy groups -OCH3 is 1. The van der Waals surface area contributed by atoms with E-state index in [9.17, 15) is 4.79 Å². The smallest absolute Gasteiger partial charge is 0.312 e. The second-order valence-corrected chi connectivity index (χ2v) is 5.25. The Morgan fingerprint density at radius 3 is 2.33 bits per heavy atom. The highest BCUT2D eigenvalue weighted by molar-refractivity contribution is 5.77. The minimum absolute atomic E-state index is 0.166. The van der Waals surface area contributed by atoms with Gasteiger partial charge in [-0.15, -0.1) is 0 Å². The first kappa shape index (κ1) is 13.1. The molecule has 0 heterocycles. The van der Waals surface area contributed by atoms with E-state index in [1.165, 1.54) is 44.8 Å². The molecule has 0 aliphatic heterocycles. The molecule has 0 amide bonds. The predicted octanol–water partition coefficient (Wildman–Crippen LogP) is 4.01. The molecular weight excluding hydrogens is 224 g/mol.